The number of pyridine rings is 1. The molecule has 0 radical (unpaired) electrons. The Kier molecular flexibility index (Phi) is 4.85. The van der Waals surface area contributed by atoms with Crippen LogP contribution in [0.25, 0.3) is 10.9 Å². The molecule has 5 heteroatoms. The Hall–Kier alpha value is -1.49. The number of rotatable bonds is 6. The molecule has 0 aliphatic rings. The van der Waals surface area contributed by atoms with Crippen LogP contribution in [0.2, 0.25) is 0 Å². The fourth-order valence-corrected chi connectivity index (χ4v) is 2.70. The first kappa shape index (κ1) is 13.9. The van der Waals surface area contributed by atoms with Gasteiger partial charge in [0.2, 0.25) is 5.91 Å². The lowest BCUT2D eigenvalue weighted by molar-refractivity contribution is -0.121. The quantitative estimate of drug-likeness (QED) is 0.826. The highest BCUT2D eigenvalue weighted by Gasteiger charge is 2.09. The van der Waals surface area contributed by atoms with Crippen LogP contribution in [0.3, 0.4) is 0 Å². The van der Waals surface area contributed by atoms with Crippen molar-refractivity contribution >= 4 is 28.6 Å². The molecule has 1 N–H and O–H groups in total. The first-order valence-electron chi connectivity index (χ1n) is 6.59. The number of carbonyl (C=O) groups excluding carboxylic acids is 1. The van der Waals surface area contributed by atoms with Gasteiger partial charge in [-0.05, 0) is 24.3 Å². The van der Waals surface area contributed by atoms with Crippen molar-refractivity contribution in [1.29, 1.82) is 0 Å². The van der Waals surface area contributed by atoms with Gasteiger partial charge in [-0.2, -0.15) is 0 Å². The molecule has 19 heavy (non-hydrogen) atoms. The van der Waals surface area contributed by atoms with Crippen LogP contribution in [0.15, 0.2) is 29.6 Å². The van der Waals surface area contributed by atoms with E-state index in [1.54, 1.807) is 18.0 Å². The number of hydrogen-bond acceptors (Lipinski definition) is 3. The number of nitrogens with one attached hydrogen (secondary N) is 1. The van der Waals surface area contributed by atoms with Gasteiger partial charge < -0.3 is 9.88 Å². The Labute approximate surface area is 117 Å². The maximum atomic E-state index is 11.8. The average molecular weight is 277 g/mol. The minimum atomic E-state index is 0.0563. The van der Waals surface area contributed by atoms with Gasteiger partial charge in [0, 0.05) is 24.3 Å². The standard InChI is InChI=1S/C14H19N3OS/c1-3-7-15-13(18)10-17-9-6-11-12(17)5-8-16-14(11)19-4-2/h5-6,8-9H,3-4,7,10H2,1-2H3,(H,15,18). The van der Waals surface area contributed by atoms with E-state index < -0.39 is 0 Å². The molecule has 2 aromatic rings. The van der Waals surface area contributed by atoms with Crippen LogP contribution in [0.5, 0.6) is 0 Å². The Balaban J connectivity index is 2.20. The van der Waals surface area contributed by atoms with E-state index in [2.05, 4.69) is 17.2 Å². The minimum Gasteiger partial charge on any atom is -0.355 e. The number of hydrogen-bond donors (Lipinski definition) is 1. The van der Waals surface area contributed by atoms with Crippen LogP contribution in [-0.2, 0) is 11.3 Å². The van der Waals surface area contributed by atoms with Crippen molar-refractivity contribution in [2.75, 3.05) is 12.3 Å². The van der Waals surface area contributed by atoms with Gasteiger partial charge in [0.1, 0.15) is 11.6 Å². The monoisotopic (exact) mass is 277 g/mol. The van der Waals surface area contributed by atoms with Crippen molar-refractivity contribution in [2.24, 2.45) is 0 Å². The van der Waals surface area contributed by atoms with Crippen molar-refractivity contribution in [1.82, 2.24) is 14.9 Å². The predicted molar refractivity (Wildman–Crippen MR) is 79.4 cm³/mol. The van der Waals surface area contributed by atoms with Crippen molar-refractivity contribution in [3.8, 4) is 0 Å². The lowest BCUT2D eigenvalue weighted by Gasteiger charge is -2.07. The molecular formula is C14H19N3OS. The van der Waals surface area contributed by atoms with Crippen molar-refractivity contribution in [3.63, 3.8) is 0 Å². The van der Waals surface area contributed by atoms with Gasteiger partial charge in [-0.1, -0.05) is 13.8 Å². The number of amides is 1. The van der Waals surface area contributed by atoms with E-state index in [9.17, 15) is 4.79 Å². The summed E-state index contributed by atoms with van der Waals surface area (Å²) in [5, 5.41) is 5.05. The SMILES string of the molecule is CCCNC(=O)Cn1ccc2c(SCC)nccc21. The van der Waals surface area contributed by atoms with E-state index in [1.807, 2.05) is 29.8 Å². The van der Waals surface area contributed by atoms with Crippen LogP contribution in [0, 0.1) is 0 Å². The summed E-state index contributed by atoms with van der Waals surface area (Å²) >= 11 is 1.73. The van der Waals surface area contributed by atoms with E-state index in [1.165, 1.54) is 0 Å². The molecule has 102 valence electrons. The van der Waals surface area contributed by atoms with Gasteiger partial charge in [0.05, 0.1) is 5.52 Å². The van der Waals surface area contributed by atoms with E-state index in [0.717, 1.165) is 34.6 Å². The highest BCUT2D eigenvalue weighted by atomic mass is 32.2. The molecule has 0 fully saturated rings. The summed E-state index contributed by atoms with van der Waals surface area (Å²) in [6.45, 7) is 5.26. The average Bonchev–Trinajstić information content (AvgIpc) is 2.81. The normalized spacial score (nSPS) is 10.8. The maximum absolute atomic E-state index is 11.8. The zero-order valence-electron chi connectivity index (χ0n) is 11.3. The first-order valence-corrected chi connectivity index (χ1v) is 7.58. The minimum absolute atomic E-state index is 0.0563. The third-order valence-electron chi connectivity index (χ3n) is 2.83. The van der Waals surface area contributed by atoms with Crippen LogP contribution in [0.1, 0.15) is 20.3 Å². The number of nitrogens with zero attached hydrogens (tertiary/aromatic N) is 2. The molecule has 0 bridgehead atoms. The smallest absolute Gasteiger partial charge is 0.239 e. The Morgan fingerprint density at radius 1 is 1.42 bits per heavy atom. The third-order valence-corrected chi connectivity index (χ3v) is 3.72. The van der Waals surface area contributed by atoms with Gasteiger partial charge in [-0.25, -0.2) is 4.98 Å². The summed E-state index contributed by atoms with van der Waals surface area (Å²) in [7, 11) is 0. The summed E-state index contributed by atoms with van der Waals surface area (Å²) in [6.07, 6.45) is 4.72. The number of thioether (sulfide) groups is 1. The number of carbonyl (C=O) groups is 1. The van der Waals surface area contributed by atoms with Gasteiger partial charge in [-0.3, -0.25) is 4.79 Å². The van der Waals surface area contributed by atoms with Crippen molar-refractivity contribution in [3.05, 3.63) is 24.5 Å². The summed E-state index contributed by atoms with van der Waals surface area (Å²) in [6, 6.07) is 4.00. The molecule has 0 aromatic carbocycles. The number of aromatic nitrogens is 2. The van der Waals surface area contributed by atoms with E-state index >= 15 is 0 Å². The molecule has 4 nitrogen and oxygen atoms in total. The van der Waals surface area contributed by atoms with Crippen LogP contribution in [-0.4, -0.2) is 27.8 Å². The molecule has 2 aromatic heterocycles. The summed E-state index contributed by atoms with van der Waals surface area (Å²) in [5.41, 5.74) is 1.07. The molecule has 0 aliphatic carbocycles. The second-order valence-corrected chi connectivity index (χ2v) is 5.53. The summed E-state index contributed by atoms with van der Waals surface area (Å²) < 4.78 is 1.97. The van der Waals surface area contributed by atoms with Gasteiger partial charge >= 0.3 is 0 Å². The molecule has 0 saturated carbocycles. The second kappa shape index (κ2) is 6.61. The van der Waals surface area contributed by atoms with E-state index in [4.69, 9.17) is 0 Å². The Bertz CT molecular complexity index is 565. The van der Waals surface area contributed by atoms with Crippen LogP contribution >= 0.6 is 11.8 Å². The van der Waals surface area contributed by atoms with Crippen LogP contribution < -0.4 is 5.32 Å². The molecule has 0 aliphatic heterocycles. The predicted octanol–water partition coefficient (Wildman–Crippen LogP) is 2.67. The first-order chi connectivity index (χ1) is 9.26. The fourth-order valence-electron chi connectivity index (χ4n) is 1.96. The molecule has 0 spiro atoms. The Morgan fingerprint density at radius 2 is 2.26 bits per heavy atom. The molecule has 0 atom stereocenters. The van der Waals surface area contributed by atoms with Gasteiger partial charge in [0.25, 0.3) is 0 Å². The zero-order valence-corrected chi connectivity index (χ0v) is 12.2. The van der Waals surface area contributed by atoms with Gasteiger partial charge in [0.15, 0.2) is 0 Å². The highest BCUT2D eigenvalue weighted by Crippen LogP contribution is 2.26. The fraction of sp³-hybridized carbons (Fsp3) is 0.429. The van der Waals surface area contributed by atoms with Crippen molar-refractivity contribution in [2.45, 2.75) is 31.8 Å². The summed E-state index contributed by atoms with van der Waals surface area (Å²) in [4.78, 5) is 16.2. The van der Waals surface area contributed by atoms with E-state index in [0.29, 0.717) is 6.54 Å². The molecule has 2 heterocycles. The molecular weight excluding hydrogens is 258 g/mol. The molecule has 2 rings (SSSR count). The number of fused-ring (bicyclic) bond motifs is 1. The molecule has 0 saturated heterocycles. The molecule has 0 unspecified atom stereocenters. The lowest BCUT2D eigenvalue weighted by Crippen LogP contribution is -2.27. The second-order valence-electron chi connectivity index (χ2n) is 4.28. The summed E-state index contributed by atoms with van der Waals surface area (Å²) in [5.74, 6) is 1.05. The molecule has 1 amide bonds. The third kappa shape index (κ3) is 3.29. The lowest BCUT2D eigenvalue weighted by atomic mass is 10.3. The van der Waals surface area contributed by atoms with Crippen LogP contribution in [0.4, 0.5) is 0 Å². The van der Waals surface area contributed by atoms with E-state index in [-0.39, 0.29) is 5.91 Å². The largest absolute Gasteiger partial charge is 0.355 e. The maximum Gasteiger partial charge on any atom is 0.239 e. The Morgan fingerprint density at radius 3 is 3.00 bits per heavy atom. The zero-order chi connectivity index (χ0) is 13.7. The van der Waals surface area contributed by atoms with Gasteiger partial charge in [-0.15, -0.1) is 11.8 Å². The topological polar surface area (TPSA) is 46.9 Å². The highest BCUT2D eigenvalue weighted by molar-refractivity contribution is 7.99. The van der Waals surface area contributed by atoms with Crippen molar-refractivity contribution < 1.29 is 4.79 Å².